The number of aromatic nitrogens is 4. The SMILES string of the molecule is Fc1cc(F)c(Nc2nc(Cl)nc3c2ncn3C2CCCO2)cc1F. The molecule has 6 nitrogen and oxygen atoms in total. The molecule has 10 heteroatoms. The first-order valence-electron chi connectivity index (χ1n) is 7.46. The van der Waals surface area contributed by atoms with Gasteiger partial charge in [0.25, 0.3) is 0 Å². The van der Waals surface area contributed by atoms with Crippen LogP contribution in [0.1, 0.15) is 19.1 Å². The van der Waals surface area contributed by atoms with Crippen LogP contribution in [0.5, 0.6) is 0 Å². The molecule has 1 aliphatic heterocycles. The molecule has 3 aromatic rings. The fourth-order valence-electron chi connectivity index (χ4n) is 2.71. The van der Waals surface area contributed by atoms with Gasteiger partial charge in [0.15, 0.2) is 28.6 Å². The van der Waals surface area contributed by atoms with E-state index >= 15 is 0 Å². The van der Waals surface area contributed by atoms with Gasteiger partial charge in [-0.15, -0.1) is 0 Å². The minimum absolute atomic E-state index is 0.0802. The smallest absolute Gasteiger partial charge is 0.226 e. The van der Waals surface area contributed by atoms with Crippen molar-refractivity contribution in [1.82, 2.24) is 19.5 Å². The number of anilines is 2. The Morgan fingerprint density at radius 1 is 1.16 bits per heavy atom. The molecular weight excluding hydrogens is 359 g/mol. The van der Waals surface area contributed by atoms with Crippen LogP contribution in [-0.2, 0) is 4.74 Å². The molecule has 0 saturated carbocycles. The molecule has 130 valence electrons. The maximum absolute atomic E-state index is 13.9. The molecule has 1 saturated heterocycles. The fraction of sp³-hybridized carbons (Fsp3) is 0.267. The van der Waals surface area contributed by atoms with Crippen LogP contribution in [0, 0.1) is 17.5 Å². The summed E-state index contributed by atoms with van der Waals surface area (Å²) < 4.78 is 47.6. The summed E-state index contributed by atoms with van der Waals surface area (Å²) in [6.45, 7) is 0.633. The van der Waals surface area contributed by atoms with Crippen molar-refractivity contribution in [3.8, 4) is 0 Å². The zero-order valence-corrected chi connectivity index (χ0v) is 13.4. The quantitative estimate of drug-likeness (QED) is 0.559. The van der Waals surface area contributed by atoms with Gasteiger partial charge in [-0.1, -0.05) is 0 Å². The molecule has 0 bridgehead atoms. The molecule has 0 aliphatic carbocycles. The second kappa shape index (κ2) is 6.16. The van der Waals surface area contributed by atoms with Crippen molar-refractivity contribution >= 4 is 34.3 Å². The van der Waals surface area contributed by atoms with Gasteiger partial charge in [0.2, 0.25) is 5.28 Å². The Morgan fingerprint density at radius 2 is 1.96 bits per heavy atom. The van der Waals surface area contributed by atoms with Gasteiger partial charge in [-0.3, -0.25) is 4.57 Å². The van der Waals surface area contributed by atoms with E-state index in [1.165, 1.54) is 6.33 Å². The number of hydrogen-bond acceptors (Lipinski definition) is 5. The van der Waals surface area contributed by atoms with Gasteiger partial charge < -0.3 is 10.1 Å². The Balaban J connectivity index is 1.78. The van der Waals surface area contributed by atoms with Crippen LogP contribution in [0.15, 0.2) is 18.5 Å². The average Bonchev–Trinajstić information content (AvgIpc) is 3.21. The average molecular weight is 370 g/mol. The molecule has 1 N–H and O–H groups in total. The maximum Gasteiger partial charge on any atom is 0.226 e. The lowest BCUT2D eigenvalue weighted by molar-refractivity contribution is 0.0593. The third-order valence-corrected chi connectivity index (χ3v) is 4.04. The van der Waals surface area contributed by atoms with Gasteiger partial charge in [0.05, 0.1) is 12.0 Å². The normalized spacial score (nSPS) is 17.4. The van der Waals surface area contributed by atoms with E-state index in [0.717, 1.165) is 12.8 Å². The molecule has 1 aliphatic rings. The van der Waals surface area contributed by atoms with Crippen molar-refractivity contribution in [3.63, 3.8) is 0 Å². The first-order valence-corrected chi connectivity index (χ1v) is 7.84. The lowest BCUT2D eigenvalue weighted by Gasteiger charge is -2.12. The summed E-state index contributed by atoms with van der Waals surface area (Å²) >= 11 is 5.95. The maximum atomic E-state index is 13.9. The van der Waals surface area contributed by atoms with Gasteiger partial charge in [-0.2, -0.15) is 9.97 Å². The van der Waals surface area contributed by atoms with E-state index in [2.05, 4.69) is 20.3 Å². The van der Waals surface area contributed by atoms with Crippen LogP contribution in [0.3, 0.4) is 0 Å². The minimum atomic E-state index is -1.28. The Kier molecular flexibility index (Phi) is 3.97. The highest BCUT2D eigenvalue weighted by Crippen LogP contribution is 2.31. The zero-order chi connectivity index (χ0) is 17.6. The van der Waals surface area contributed by atoms with E-state index in [1.54, 1.807) is 4.57 Å². The summed E-state index contributed by atoms with van der Waals surface area (Å²) in [4.78, 5) is 12.3. The summed E-state index contributed by atoms with van der Waals surface area (Å²) in [5.41, 5.74) is 0.419. The Labute approximate surface area is 144 Å². The topological polar surface area (TPSA) is 64.9 Å². The highest BCUT2D eigenvalue weighted by Gasteiger charge is 2.22. The van der Waals surface area contributed by atoms with Crippen molar-refractivity contribution in [1.29, 1.82) is 0 Å². The first-order chi connectivity index (χ1) is 12.0. The van der Waals surface area contributed by atoms with E-state index in [9.17, 15) is 13.2 Å². The highest BCUT2D eigenvalue weighted by molar-refractivity contribution is 6.28. The third kappa shape index (κ3) is 2.89. The first kappa shape index (κ1) is 16.1. The Morgan fingerprint density at radius 3 is 2.72 bits per heavy atom. The summed E-state index contributed by atoms with van der Waals surface area (Å²) in [5.74, 6) is -3.36. The lowest BCUT2D eigenvalue weighted by atomic mass is 10.2. The zero-order valence-electron chi connectivity index (χ0n) is 12.6. The molecule has 2 aromatic heterocycles. The Bertz CT molecular complexity index is 958. The highest BCUT2D eigenvalue weighted by atomic mass is 35.5. The largest absolute Gasteiger partial charge is 0.358 e. The van der Waals surface area contributed by atoms with Gasteiger partial charge in [-0.25, -0.2) is 18.2 Å². The molecule has 1 fully saturated rings. The number of ether oxygens (including phenoxy) is 1. The van der Waals surface area contributed by atoms with Crippen molar-refractivity contribution < 1.29 is 17.9 Å². The molecule has 1 aromatic carbocycles. The van der Waals surface area contributed by atoms with E-state index < -0.39 is 17.5 Å². The minimum Gasteiger partial charge on any atom is -0.358 e. The number of rotatable bonds is 3. The second-order valence-electron chi connectivity index (χ2n) is 5.50. The van der Waals surface area contributed by atoms with E-state index in [4.69, 9.17) is 16.3 Å². The predicted octanol–water partition coefficient (Wildman–Crippen LogP) is 3.95. The number of nitrogens with zero attached hydrogens (tertiary/aromatic N) is 4. The lowest BCUT2D eigenvalue weighted by Crippen LogP contribution is -2.07. The van der Waals surface area contributed by atoms with Crippen LogP contribution < -0.4 is 5.32 Å². The summed E-state index contributed by atoms with van der Waals surface area (Å²) in [6.07, 6.45) is 3.02. The third-order valence-electron chi connectivity index (χ3n) is 3.87. The molecule has 1 atom stereocenters. The summed E-state index contributed by atoms with van der Waals surface area (Å²) in [7, 11) is 0. The van der Waals surface area contributed by atoms with Gasteiger partial charge in [0, 0.05) is 18.7 Å². The van der Waals surface area contributed by atoms with Crippen LogP contribution in [0.2, 0.25) is 5.28 Å². The number of nitrogens with one attached hydrogen (secondary N) is 1. The molecule has 1 unspecified atom stereocenters. The number of fused-ring (bicyclic) bond motifs is 1. The van der Waals surface area contributed by atoms with Crippen molar-refractivity contribution in [2.24, 2.45) is 0 Å². The van der Waals surface area contributed by atoms with Crippen molar-refractivity contribution in [2.75, 3.05) is 11.9 Å². The monoisotopic (exact) mass is 369 g/mol. The fourth-order valence-corrected chi connectivity index (χ4v) is 2.88. The summed E-state index contributed by atoms with van der Waals surface area (Å²) in [5, 5.41) is 2.49. The van der Waals surface area contributed by atoms with Gasteiger partial charge in [-0.05, 0) is 24.4 Å². The van der Waals surface area contributed by atoms with Gasteiger partial charge in [0.1, 0.15) is 12.0 Å². The Hall–Kier alpha value is -2.39. The molecule has 3 heterocycles. The number of hydrogen-bond donors (Lipinski definition) is 1. The number of benzene rings is 1. The molecule has 0 amide bonds. The molecule has 0 radical (unpaired) electrons. The van der Waals surface area contributed by atoms with Crippen molar-refractivity contribution in [2.45, 2.75) is 19.1 Å². The van der Waals surface area contributed by atoms with Crippen molar-refractivity contribution in [3.05, 3.63) is 41.2 Å². The molecule has 4 rings (SSSR count). The van der Waals surface area contributed by atoms with E-state index in [1.807, 2.05) is 0 Å². The van der Waals surface area contributed by atoms with Crippen LogP contribution >= 0.6 is 11.6 Å². The van der Waals surface area contributed by atoms with Crippen LogP contribution in [-0.4, -0.2) is 26.1 Å². The second-order valence-corrected chi connectivity index (χ2v) is 5.84. The number of halogens is 4. The molecular formula is C15H11ClF3N5O. The van der Waals surface area contributed by atoms with E-state index in [-0.39, 0.29) is 23.0 Å². The van der Waals surface area contributed by atoms with E-state index in [0.29, 0.717) is 29.9 Å². The standard InChI is InChI=1S/C15H11ClF3N5O/c16-15-22-13(21-10-5-8(18)7(17)4-9(10)19)12-14(23-15)24(6-20-12)11-2-1-3-25-11/h4-6,11H,1-3H2,(H,21,22,23). The molecule has 0 spiro atoms. The predicted molar refractivity (Wildman–Crippen MR) is 84.2 cm³/mol. The van der Waals surface area contributed by atoms with Crippen LogP contribution in [0.25, 0.3) is 11.2 Å². The van der Waals surface area contributed by atoms with Crippen LogP contribution in [0.4, 0.5) is 24.7 Å². The molecule has 25 heavy (non-hydrogen) atoms. The number of imidazole rings is 1. The summed E-state index contributed by atoms with van der Waals surface area (Å²) in [6, 6.07) is 1.15. The van der Waals surface area contributed by atoms with Gasteiger partial charge >= 0.3 is 0 Å².